The highest BCUT2D eigenvalue weighted by Crippen LogP contribution is 2.35. The highest BCUT2D eigenvalue weighted by atomic mass is 16.5. The lowest BCUT2D eigenvalue weighted by Gasteiger charge is -2.37. The van der Waals surface area contributed by atoms with Gasteiger partial charge < -0.3 is 4.74 Å². The summed E-state index contributed by atoms with van der Waals surface area (Å²) in [4.78, 5) is 16.8. The largest absolute Gasteiger partial charge is 0.461 e. The fraction of sp³-hybridized carbons (Fsp3) is 0.550. The molecule has 0 saturated heterocycles. The van der Waals surface area contributed by atoms with Crippen molar-refractivity contribution < 1.29 is 9.53 Å². The van der Waals surface area contributed by atoms with Gasteiger partial charge in [0.25, 0.3) is 0 Å². The van der Waals surface area contributed by atoms with Gasteiger partial charge in [0.1, 0.15) is 18.3 Å². The van der Waals surface area contributed by atoms with Crippen LogP contribution in [0, 0.1) is 24.7 Å². The zero-order valence-corrected chi connectivity index (χ0v) is 15.5. The average molecular weight is 341 g/mol. The molecule has 0 amide bonds. The van der Waals surface area contributed by atoms with Crippen LogP contribution in [0.4, 0.5) is 0 Å². The molecule has 0 spiro atoms. The van der Waals surface area contributed by atoms with Crippen LogP contribution in [0.25, 0.3) is 11.4 Å². The highest BCUT2D eigenvalue weighted by molar-refractivity contribution is 5.72. The fourth-order valence-electron chi connectivity index (χ4n) is 4.08. The van der Waals surface area contributed by atoms with Crippen LogP contribution in [0.15, 0.2) is 24.3 Å². The van der Waals surface area contributed by atoms with E-state index >= 15 is 0 Å². The van der Waals surface area contributed by atoms with Crippen molar-refractivity contribution in [3.63, 3.8) is 0 Å². The zero-order chi connectivity index (χ0) is 18.0. The van der Waals surface area contributed by atoms with Crippen molar-refractivity contribution in [3.8, 4) is 11.4 Å². The van der Waals surface area contributed by atoms with Crippen LogP contribution in [0.1, 0.15) is 45.0 Å². The summed E-state index contributed by atoms with van der Waals surface area (Å²) in [6.45, 7) is 8.64. The number of esters is 1. The van der Waals surface area contributed by atoms with Crippen LogP contribution in [-0.2, 0) is 16.0 Å². The first-order valence-corrected chi connectivity index (χ1v) is 9.10. The maximum Gasteiger partial charge on any atom is 0.313 e. The zero-order valence-electron chi connectivity index (χ0n) is 15.5. The molecule has 0 bridgehead atoms. The number of hydrogen-bond acceptors (Lipinski definition) is 4. The molecule has 134 valence electrons. The molecule has 1 fully saturated rings. The summed E-state index contributed by atoms with van der Waals surface area (Å²) >= 11 is 0. The summed E-state index contributed by atoms with van der Waals surface area (Å²) in [5.41, 5.74) is 2.08. The fourth-order valence-corrected chi connectivity index (χ4v) is 4.08. The van der Waals surface area contributed by atoms with Crippen molar-refractivity contribution in [2.75, 3.05) is 0 Å². The Kier molecular flexibility index (Phi) is 5.21. The maximum absolute atomic E-state index is 12.4. The summed E-state index contributed by atoms with van der Waals surface area (Å²) in [6, 6.07) is 7.94. The van der Waals surface area contributed by atoms with Gasteiger partial charge in [-0.05, 0) is 43.1 Å². The Hall–Kier alpha value is -2.17. The number of aryl methyl sites for hydroxylation is 1. The Balaban J connectivity index is 1.63. The number of aromatic nitrogens is 3. The predicted molar refractivity (Wildman–Crippen MR) is 96.9 cm³/mol. The van der Waals surface area contributed by atoms with E-state index in [1.807, 2.05) is 31.2 Å². The number of carbonyl (C=O) groups is 1. The van der Waals surface area contributed by atoms with E-state index in [4.69, 9.17) is 4.74 Å². The predicted octanol–water partition coefficient (Wildman–Crippen LogP) is 3.94. The lowest BCUT2D eigenvalue weighted by atomic mass is 9.75. The van der Waals surface area contributed by atoms with Gasteiger partial charge in [0.2, 0.25) is 0 Å². The number of H-pyrrole nitrogens is 1. The van der Waals surface area contributed by atoms with Crippen molar-refractivity contribution in [1.82, 2.24) is 15.2 Å². The van der Waals surface area contributed by atoms with E-state index in [0.717, 1.165) is 24.0 Å². The van der Waals surface area contributed by atoms with Crippen LogP contribution in [0.2, 0.25) is 0 Å². The molecule has 5 heteroatoms. The topological polar surface area (TPSA) is 67.9 Å². The third-order valence-corrected chi connectivity index (χ3v) is 5.17. The molecule has 2 aromatic rings. The minimum absolute atomic E-state index is 0.00228. The highest BCUT2D eigenvalue weighted by Gasteiger charge is 2.34. The van der Waals surface area contributed by atoms with Gasteiger partial charge in [-0.1, -0.05) is 45.0 Å². The summed E-state index contributed by atoms with van der Waals surface area (Å²) < 4.78 is 5.78. The second-order valence-corrected chi connectivity index (χ2v) is 7.58. The molecular weight excluding hydrogens is 314 g/mol. The first-order chi connectivity index (χ1) is 11.9. The average Bonchev–Trinajstić information content (AvgIpc) is 2.99. The number of benzene rings is 1. The number of carbonyl (C=O) groups excluding carboxylic acids is 1. The Bertz CT molecular complexity index is 728. The Morgan fingerprint density at radius 2 is 1.88 bits per heavy atom. The van der Waals surface area contributed by atoms with E-state index in [0.29, 0.717) is 29.4 Å². The van der Waals surface area contributed by atoms with E-state index < -0.39 is 0 Å². The van der Waals surface area contributed by atoms with Crippen LogP contribution in [-0.4, -0.2) is 27.3 Å². The molecule has 5 nitrogen and oxygen atoms in total. The Morgan fingerprint density at radius 3 is 2.56 bits per heavy atom. The number of rotatable bonds is 4. The first-order valence-electron chi connectivity index (χ1n) is 9.10. The molecule has 0 aliphatic heterocycles. The molecule has 1 aromatic carbocycles. The summed E-state index contributed by atoms with van der Waals surface area (Å²) in [7, 11) is 0. The third kappa shape index (κ3) is 4.09. The lowest BCUT2D eigenvalue weighted by molar-refractivity contribution is -0.157. The van der Waals surface area contributed by atoms with Crippen molar-refractivity contribution in [1.29, 1.82) is 0 Å². The monoisotopic (exact) mass is 341 g/mol. The quantitative estimate of drug-likeness (QED) is 0.855. The van der Waals surface area contributed by atoms with Gasteiger partial charge in [-0.3, -0.25) is 9.89 Å². The molecule has 25 heavy (non-hydrogen) atoms. The Morgan fingerprint density at radius 1 is 1.20 bits per heavy atom. The molecule has 1 heterocycles. The molecule has 1 N–H and O–H groups in total. The lowest BCUT2D eigenvalue weighted by Crippen LogP contribution is -2.37. The van der Waals surface area contributed by atoms with E-state index in [9.17, 15) is 4.79 Å². The van der Waals surface area contributed by atoms with Crippen molar-refractivity contribution >= 4 is 5.97 Å². The van der Waals surface area contributed by atoms with Gasteiger partial charge >= 0.3 is 5.97 Å². The minimum Gasteiger partial charge on any atom is -0.461 e. The summed E-state index contributed by atoms with van der Waals surface area (Å²) in [5.74, 6) is 2.44. The van der Waals surface area contributed by atoms with Gasteiger partial charge in [-0.25, -0.2) is 4.98 Å². The number of aromatic amines is 1. The maximum atomic E-state index is 12.4. The second-order valence-electron chi connectivity index (χ2n) is 7.58. The molecular formula is C20H27N3O2. The number of nitrogens with zero attached hydrogens (tertiary/aromatic N) is 2. The smallest absolute Gasteiger partial charge is 0.313 e. The van der Waals surface area contributed by atoms with Gasteiger partial charge in [0.05, 0.1) is 0 Å². The Labute approximate surface area is 149 Å². The van der Waals surface area contributed by atoms with Crippen molar-refractivity contribution in [2.24, 2.45) is 17.8 Å². The summed E-state index contributed by atoms with van der Waals surface area (Å²) in [6.07, 6.45) is 2.36. The van der Waals surface area contributed by atoms with E-state index in [2.05, 4.69) is 36.0 Å². The first kappa shape index (κ1) is 17.6. The molecule has 3 rings (SSSR count). The normalized spacial score (nSPS) is 26.4. The molecule has 1 aliphatic carbocycles. The molecule has 2 atom stereocenters. The summed E-state index contributed by atoms with van der Waals surface area (Å²) in [5, 5.41) is 7.11. The van der Waals surface area contributed by atoms with Gasteiger partial charge in [0, 0.05) is 5.56 Å². The van der Waals surface area contributed by atoms with Gasteiger partial charge in [-0.2, -0.15) is 5.10 Å². The SMILES string of the molecule is Cc1ccccc1-c1n[nH]c(CC(=O)OC2C(C)CC(C)CC2C)n1. The molecule has 1 aromatic heterocycles. The minimum atomic E-state index is -0.231. The van der Waals surface area contributed by atoms with Crippen molar-refractivity contribution in [3.05, 3.63) is 35.7 Å². The standard InChI is InChI=1S/C20H27N3O2/c1-12-9-14(3)19(15(4)10-12)25-18(24)11-17-21-20(23-22-17)16-8-6-5-7-13(16)2/h5-8,12,14-15,19H,9-11H2,1-4H3,(H,21,22,23). The van der Waals surface area contributed by atoms with E-state index in [1.54, 1.807) is 0 Å². The van der Waals surface area contributed by atoms with Crippen LogP contribution < -0.4 is 0 Å². The molecule has 0 radical (unpaired) electrons. The van der Waals surface area contributed by atoms with Crippen LogP contribution in [0.3, 0.4) is 0 Å². The van der Waals surface area contributed by atoms with Gasteiger partial charge in [-0.15, -0.1) is 0 Å². The van der Waals surface area contributed by atoms with Crippen molar-refractivity contribution in [2.45, 2.75) is 53.1 Å². The third-order valence-electron chi connectivity index (χ3n) is 5.17. The number of hydrogen-bond donors (Lipinski definition) is 1. The van der Waals surface area contributed by atoms with E-state index in [1.165, 1.54) is 0 Å². The molecule has 2 unspecified atom stereocenters. The second kappa shape index (κ2) is 7.38. The molecule has 1 saturated carbocycles. The number of ether oxygens (including phenoxy) is 1. The number of nitrogens with one attached hydrogen (secondary N) is 1. The van der Waals surface area contributed by atoms with Crippen LogP contribution >= 0.6 is 0 Å². The van der Waals surface area contributed by atoms with E-state index in [-0.39, 0.29) is 18.5 Å². The molecule has 1 aliphatic rings. The van der Waals surface area contributed by atoms with Gasteiger partial charge in [0.15, 0.2) is 5.82 Å². The van der Waals surface area contributed by atoms with Crippen LogP contribution in [0.5, 0.6) is 0 Å².